The number of imidazole rings is 1. The molecule has 9 heteroatoms. The molecule has 0 aliphatic carbocycles. The van der Waals surface area contributed by atoms with E-state index in [9.17, 15) is 18.4 Å². The zero-order chi connectivity index (χ0) is 23.0. The Hall–Kier alpha value is -3.93. The normalized spacial score (nSPS) is 15.0. The lowest BCUT2D eigenvalue weighted by Gasteiger charge is -2.24. The minimum Gasteiger partial charge on any atom is -0.459 e. The SMILES string of the molecule is CCC1c2nc3ccc(C#CC(=O)OC)cc3n2-c2c(OC(F)F)cccc2C(=O)N1C. The van der Waals surface area contributed by atoms with Gasteiger partial charge in [0.2, 0.25) is 0 Å². The highest BCUT2D eigenvalue weighted by molar-refractivity contribution is 6.01. The Bertz CT molecular complexity index is 1290. The van der Waals surface area contributed by atoms with Crippen LogP contribution < -0.4 is 4.74 Å². The van der Waals surface area contributed by atoms with Crippen molar-refractivity contribution in [2.45, 2.75) is 26.0 Å². The molecule has 1 unspecified atom stereocenters. The van der Waals surface area contributed by atoms with Gasteiger partial charge in [-0.25, -0.2) is 9.78 Å². The van der Waals surface area contributed by atoms with Crippen LogP contribution in [-0.4, -0.2) is 47.1 Å². The van der Waals surface area contributed by atoms with E-state index in [4.69, 9.17) is 9.72 Å². The fourth-order valence-corrected chi connectivity index (χ4v) is 3.88. The zero-order valence-corrected chi connectivity index (χ0v) is 17.6. The lowest BCUT2D eigenvalue weighted by Crippen LogP contribution is -2.30. The van der Waals surface area contributed by atoms with Gasteiger partial charge in [-0.2, -0.15) is 8.78 Å². The number of halogens is 2. The van der Waals surface area contributed by atoms with Crippen molar-refractivity contribution in [3.05, 3.63) is 53.3 Å². The molecule has 32 heavy (non-hydrogen) atoms. The summed E-state index contributed by atoms with van der Waals surface area (Å²) in [5.74, 6) is 4.44. The Morgan fingerprint density at radius 3 is 2.75 bits per heavy atom. The highest BCUT2D eigenvalue weighted by Gasteiger charge is 2.35. The molecule has 0 radical (unpaired) electrons. The molecule has 1 amide bonds. The molecule has 0 bridgehead atoms. The van der Waals surface area contributed by atoms with Gasteiger partial charge in [0.25, 0.3) is 5.91 Å². The third-order valence-corrected chi connectivity index (χ3v) is 5.32. The van der Waals surface area contributed by atoms with Gasteiger partial charge in [-0.15, -0.1) is 0 Å². The molecule has 0 N–H and O–H groups in total. The summed E-state index contributed by atoms with van der Waals surface area (Å²) < 4.78 is 37.4. The first-order valence-corrected chi connectivity index (χ1v) is 9.83. The molecule has 1 aliphatic rings. The monoisotopic (exact) mass is 439 g/mol. The molecule has 1 atom stereocenters. The third-order valence-electron chi connectivity index (χ3n) is 5.32. The number of carbonyl (C=O) groups is 2. The average molecular weight is 439 g/mol. The first-order valence-electron chi connectivity index (χ1n) is 9.83. The summed E-state index contributed by atoms with van der Waals surface area (Å²) in [4.78, 5) is 30.8. The van der Waals surface area contributed by atoms with E-state index in [0.29, 0.717) is 28.8 Å². The number of hydrogen-bond acceptors (Lipinski definition) is 5. The molecule has 0 saturated carbocycles. The lowest BCUT2D eigenvalue weighted by molar-refractivity contribution is -0.133. The van der Waals surface area contributed by atoms with E-state index in [1.165, 1.54) is 19.2 Å². The number of hydrogen-bond donors (Lipinski definition) is 0. The van der Waals surface area contributed by atoms with E-state index in [2.05, 4.69) is 16.6 Å². The molecule has 0 fully saturated rings. The smallest absolute Gasteiger partial charge is 0.387 e. The first-order chi connectivity index (χ1) is 15.3. The van der Waals surface area contributed by atoms with Gasteiger partial charge in [-0.05, 0) is 36.8 Å². The van der Waals surface area contributed by atoms with Gasteiger partial charge in [0.1, 0.15) is 11.5 Å². The van der Waals surface area contributed by atoms with Crippen molar-refractivity contribution < 1.29 is 27.8 Å². The summed E-state index contributed by atoms with van der Waals surface area (Å²) >= 11 is 0. The second-order valence-corrected chi connectivity index (χ2v) is 7.12. The molecule has 1 aliphatic heterocycles. The van der Waals surface area contributed by atoms with E-state index >= 15 is 0 Å². The number of nitrogens with zero attached hydrogens (tertiary/aromatic N) is 3. The van der Waals surface area contributed by atoms with Gasteiger partial charge < -0.3 is 14.4 Å². The maximum Gasteiger partial charge on any atom is 0.387 e. The molecule has 164 valence electrons. The van der Waals surface area contributed by atoms with Crippen molar-refractivity contribution >= 4 is 22.9 Å². The van der Waals surface area contributed by atoms with Crippen molar-refractivity contribution in [1.29, 1.82) is 0 Å². The van der Waals surface area contributed by atoms with E-state index < -0.39 is 18.6 Å². The Labute approximate surface area is 182 Å². The summed E-state index contributed by atoms with van der Waals surface area (Å²) in [6.07, 6.45) is 0.555. The molecule has 1 aromatic heterocycles. The van der Waals surface area contributed by atoms with Crippen LogP contribution in [0.3, 0.4) is 0 Å². The Balaban J connectivity index is 2.06. The van der Waals surface area contributed by atoms with E-state index in [1.54, 1.807) is 40.8 Å². The summed E-state index contributed by atoms with van der Waals surface area (Å²) in [7, 11) is 2.89. The number of ether oxygens (including phenoxy) is 2. The predicted octanol–water partition coefficient (Wildman–Crippen LogP) is 3.69. The number of alkyl halides is 2. The highest BCUT2D eigenvalue weighted by atomic mass is 19.3. The summed E-state index contributed by atoms with van der Waals surface area (Å²) in [5.41, 5.74) is 2.04. The molecular formula is C23H19F2N3O4. The van der Waals surface area contributed by atoms with Gasteiger partial charge in [-0.3, -0.25) is 9.36 Å². The first kappa shape index (κ1) is 21.3. The second-order valence-electron chi connectivity index (χ2n) is 7.12. The molecule has 0 saturated heterocycles. The van der Waals surface area contributed by atoms with Gasteiger partial charge >= 0.3 is 12.6 Å². The minimum absolute atomic E-state index is 0.136. The Morgan fingerprint density at radius 1 is 1.28 bits per heavy atom. The van der Waals surface area contributed by atoms with Crippen molar-refractivity contribution in [1.82, 2.24) is 14.5 Å². The number of para-hydroxylation sites is 1. The molecule has 0 spiro atoms. The zero-order valence-electron chi connectivity index (χ0n) is 17.6. The fourth-order valence-electron chi connectivity index (χ4n) is 3.88. The van der Waals surface area contributed by atoms with Crippen LogP contribution in [0.15, 0.2) is 36.4 Å². The molecular weight excluding hydrogens is 420 g/mol. The van der Waals surface area contributed by atoms with Crippen LogP contribution in [0.5, 0.6) is 5.75 Å². The van der Waals surface area contributed by atoms with E-state index in [1.807, 2.05) is 6.92 Å². The summed E-state index contributed by atoms with van der Waals surface area (Å²) in [6.45, 7) is -1.16. The third kappa shape index (κ3) is 3.54. The summed E-state index contributed by atoms with van der Waals surface area (Å²) in [5, 5.41) is 0. The second kappa shape index (κ2) is 8.30. The number of benzene rings is 2. The maximum atomic E-state index is 13.2. The van der Waals surface area contributed by atoms with Crippen LogP contribution in [0.2, 0.25) is 0 Å². The van der Waals surface area contributed by atoms with E-state index in [-0.39, 0.29) is 22.9 Å². The van der Waals surface area contributed by atoms with Crippen molar-refractivity contribution in [2.24, 2.45) is 0 Å². The number of aromatic nitrogens is 2. The van der Waals surface area contributed by atoms with Crippen LogP contribution in [0.1, 0.15) is 41.1 Å². The van der Waals surface area contributed by atoms with Crippen molar-refractivity contribution in [3.8, 4) is 23.3 Å². The number of amides is 1. The maximum absolute atomic E-state index is 13.2. The number of rotatable bonds is 3. The Morgan fingerprint density at radius 2 is 2.06 bits per heavy atom. The van der Waals surface area contributed by atoms with Crippen LogP contribution in [0.25, 0.3) is 16.7 Å². The standard InChI is InChI=1S/C23H19F2N3O4/c1-4-16-21-26-15-10-8-13(9-11-19(29)31-3)12-17(15)28(21)20-14(22(30)27(16)2)6-5-7-18(20)32-23(24)25/h5-8,10,12,16,23H,4H2,1-3H3. The largest absolute Gasteiger partial charge is 0.459 e. The van der Waals surface area contributed by atoms with Crippen molar-refractivity contribution in [2.75, 3.05) is 14.2 Å². The van der Waals surface area contributed by atoms with Gasteiger partial charge in [0, 0.05) is 18.5 Å². The quantitative estimate of drug-likeness (QED) is 0.460. The van der Waals surface area contributed by atoms with Crippen LogP contribution in [-0.2, 0) is 9.53 Å². The predicted molar refractivity (Wildman–Crippen MR) is 112 cm³/mol. The lowest BCUT2D eigenvalue weighted by atomic mass is 10.1. The van der Waals surface area contributed by atoms with Gasteiger partial charge in [0.05, 0.1) is 29.7 Å². The molecule has 7 nitrogen and oxygen atoms in total. The van der Waals surface area contributed by atoms with Crippen LogP contribution in [0.4, 0.5) is 8.78 Å². The molecule has 3 aromatic rings. The minimum atomic E-state index is -3.07. The van der Waals surface area contributed by atoms with Crippen LogP contribution >= 0.6 is 0 Å². The molecule has 2 aromatic carbocycles. The topological polar surface area (TPSA) is 73.7 Å². The number of fused-ring (bicyclic) bond motifs is 5. The van der Waals surface area contributed by atoms with Crippen LogP contribution in [0, 0.1) is 11.8 Å². The highest BCUT2D eigenvalue weighted by Crippen LogP contribution is 2.40. The summed E-state index contributed by atoms with van der Waals surface area (Å²) in [6, 6.07) is 9.17. The van der Waals surface area contributed by atoms with E-state index in [0.717, 1.165) is 0 Å². The van der Waals surface area contributed by atoms with Gasteiger partial charge in [0.15, 0.2) is 5.75 Å². The number of esters is 1. The average Bonchev–Trinajstić information content (AvgIpc) is 3.10. The number of methoxy groups -OCH3 is 1. The number of carbonyl (C=O) groups excluding carboxylic acids is 2. The Kier molecular flexibility index (Phi) is 5.53. The van der Waals surface area contributed by atoms with Crippen molar-refractivity contribution in [3.63, 3.8) is 0 Å². The van der Waals surface area contributed by atoms with Gasteiger partial charge in [-0.1, -0.05) is 18.9 Å². The molecule has 2 heterocycles. The fraction of sp³-hybridized carbons (Fsp3) is 0.261. The molecule has 4 rings (SSSR count).